The molecule has 11 nitrogen and oxygen atoms in total. The van der Waals surface area contributed by atoms with E-state index in [1.165, 1.54) is 10.8 Å². The first-order chi connectivity index (χ1) is 21.4. The summed E-state index contributed by atoms with van der Waals surface area (Å²) in [6, 6.07) is 14.2. The molecule has 226 valence electrons. The van der Waals surface area contributed by atoms with Gasteiger partial charge in [0.25, 0.3) is 5.56 Å². The number of hydrogen-bond acceptors (Lipinski definition) is 9. The summed E-state index contributed by atoms with van der Waals surface area (Å²) >= 11 is 0. The number of rotatable bonds is 8. The van der Waals surface area contributed by atoms with Crippen LogP contribution in [-0.4, -0.2) is 93.4 Å². The zero-order valence-electron chi connectivity index (χ0n) is 25.5. The molecule has 6 rings (SSSR count). The van der Waals surface area contributed by atoms with Gasteiger partial charge >= 0.3 is 0 Å². The van der Waals surface area contributed by atoms with Gasteiger partial charge in [0.15, 0.2) is 0 Å². The van der Waals surface area contributed by atoms with Gasteiger partial charge in [0, 0.05) is 44.2 Å². The van der Waals surface area contributed by atoms with Gasteiger partial charge in [0.05, 0.1) is 35.8 Å². The van der Waals surface area contributed by atoms with Crippen LogP contribution < -0.4 is 15.4 Å². The van der Waals surface area contributed by atoms with Crippen molar-refractivity contribution in [3.8, 4) is 11.8 Å². The Bertz CT molecular complexity index is 1830. The molecule has 0 aliphatic carbocycles. The highest BCUT2D eigenvalue weighted by Gasteiger charge is 2.35. The maximum atomic E-state index is 14.3. The average molecular weight is 592 g/mol. The Hall–Kier alpha value is -4.82. The minimum atomic E-state index is -0.337. The number of aromatic nitrogens is 4. The van der Waals surface area contributed by atoms with Crippen molar-refractivity contribution in [3.05, 3.63) is 71.2 Å². The minimum absolute atomic E-state index is 0.176. The van der Waals surface area contributed by atoms with E-state index in [9.17, 15) is 14.9 Å². The monoisotopic (exact) mass is 591 g/mol. The molecular weight excluding hydrogens is 554 g/mol. The summed E-state index contributed by atoms with van der Waals surface area (Å²) < 4.78 is 1.44. The van der Waals surface area contributed by atoms with Crippen LogP contribution in [0, 0.1) is 18.3 Å². The van der Waals surface area contributed by atoms with E-state index in [2.05, 4.69) is 46.3 Å². The average Bonchev–Trinajstić information content (AvgIpc) is 3.02. The molecule has 1 unspecified atom stereocenters. The molecular formula is C33H37N9O2. The second-order valence-electron chi connectivity index (χ2n) is 11.4. The summed E-state index contributed by atoms with van der Waals surface area (Å²) in [7, 11) is 0. The van der Waals surface area contributed by atoms with Crippen LogP contribution >= 0.6 is 0 Å². The molecule has 0 N–H and O–H groups in total. The fourth-order valence-corrected chi connectivity index (χ4v) is 6.56. The lowest BCUT2D eigenvalue weighted by molar-refractivity contribution is -0.128. The van der Waals surface area contributed by atoms with E-state index in [0.29, 0.717) is 54.0 Å². The molecule has 2 aromatic carbocycles. The number of piperazine rings is 1. The first-order valence-corrected chi connectivity index (χ1v) is 15.2. The number of carbonyl (C=O) groups is 1. The van der Waals surface area contributed by atoms with E-state index < -0.39 is 0 Å². The van der Waals surface area contributed by atoms with E-state index in [1.807, 2.05) is 43.3 Å². The fraction of sp³-hybridized carbons (Fsp3) is 0.394. The third-order valence-electron chi connectivity index (χ3n) is 8.97. The number of likely N-dealkylation sites (N-methyl/N-ethyl adjacent to an activating group) is 1. The molecule has 0 saturated carbocycles. The van der Waals surface area contributed by atoms with Crippen molar-refractivity contribution >= 4 is 39.3 Å². The van der Waals surface area contributed by atoms with Gasteiger partial charge in [-0.25, -0.2) is 4.98 Å². The van der Waals surface area contributed by atoms with Gasteiger partial charge in [-0.3, -0.25) is 14.5 Å². The van der Waals surface area contributed by atoms with Gasteiger partial charge < -0.3 is 14.7 Å². The van der Waals surface area contributed by atoms with E-state index in [-0.39, 0.29) is 23.9 Å². The predicted octanol–water partition coefficient (Wildman–Crippen LogP) is 3.28. The van der Waals surface area contributed by atoms with Crippen LogP contribution in [0.15, 0.2) is 60.0 Å². The number of aryl methyl sites for hydroxylation is 1. The van der Waals surface area contributed by atoms with E-state index in [0.717, 1.165) is 42.5 Å². The number of benzene rings is 2. The standard InChI is InChI=1S/C33H37N9O2/c1-5-28(43)41-17-16-39(19-24(41)14-15-34)31-26-18-35-42(27-13-9-12-23-11-8-10-22(4)29(23)27)32(44)30(26)36-33(37-31)40-20-25(21-40)38(6-2)7-3/h5,8-13,18,24-25H,1,6-7,14,16-17,19-21H2,2-4H3. The lowest BCUT2D eigenvalue weighted by Crippen LogP contribution is -2.60. The number of nitrogens with zero attached hydrogens (tertiary/aromatic N) is 9. The molecule has 1 atom stereocenters. The summed E-state index contributed by atoms with van der Waals surface area (Å²) in [6.07, 6.45) is 3.13. The van der Waals surface area contributed by atoms with Crippen LogP contribution in [0.1, 0.15) is 25.8 Å². The van der Waals surface area contributed by atoms with Gasteiger partial charge in [-0.05, 0) is 43.1 Å². The zero-order valence-corrected chi connectivity index (χ0v) is 25.5. The molecule has 2 aromatic heterocycles. The van der Waals surface area contributed by atoms with E-state index in [1.54, 1.807) is 11.1 Å². The van der Waals surface area contributed by atoms with Crippen molar-refractivity contribution in [1.82, 2.24) is 29.5 Å². The summed E-state index contributed by atoms with van der Waals surface area (Å²) in [6.45, 7) is 14.7. The number of anilines is 2. The molecule has 0 bridgehead atoms. The summed E-state index contributed by atoms with van der Waals surface area (Å²) in [5.41, 5.74) is 1.72. The molecule has 4 heterocycles. The minimum Gasteiger partial charge on any atom is -0.352 e. The third-order valence-corrected chi connectivity index (χ3v) is 8.97. The van der Waals surface area contributed by atoms with Gasteiger partial charge in [-0.1, -0.05) is 50.8 Å². The van der Waals surface area contributed by atoms with Crippen LogP contribution in [0.2, 0.25) is 0 Å². The molecule has 1 amide bonds. The number of amides is 1. The number of fused-ring (bicyclic) bond motifs is 2. The maximum absolute atomic E-state index is 14.3. The van der Waals surface area contributed by atoms with Crippen LogP contribution in [0.4, 0.5) is 11.8 Å². The first-order valence-electron chi connectivity index (χ1n) is 15.2. The lowest BCUT2D eigenvalue weighted by atomic mass is 10.0. The second kappa shape index (κ2) is 12.1. The Balaban J connectivity index is 1.47. The molecule has 0 spiro atoms. The molecule has 2 fully saturated rings. The van der Waals surface area contributed by atoms with Gasteiger partial charge in [-0.2, -0.15) is 20.0 Å². The van der Waals surface area contributed by atoms with Crippen molar-refractivity contribution in [2.24, 2.45) is 0 Å². The summed E-state index contributed by atoms with van der Waals surface area (Å²) in [5, 5.41) is 16.7. The first kappa shape index (κ1) is 29.3. The maximum Gasteiger partial charge on any atom is 0.298 e. The van der Waals surface area contributed by atoms with Gasteiger partial charge in [0.1, 0.15) is 11.3 Å². The number of hydrogen-bond donors (Lipinski definition) is 0. The smallest absolute Gasteiger partial charge is 0.298 e. The molecule has 2 aliphatic heterocycles. The zero-order chi connectivity index (χ0) is 31.0. The van der Waals surface area contributed by atoms with Crippen molar-refractivity contribution in [1.29, 1.82) is 5.26 Å². The largest absolute Gasteiger partial charge is 0.352 e. The Labute approximate surface area is 256 Å². The Kier molecular flexibility index (Phi) is 8.01. The van der Waals surface area contributed by atoms with Crippen molar-refractivity contribution in [3.63, 3.8) is 0 Å². The second-order valence-corrected chi connectivity index (χ2v) is 11.4. The van der Waals surface area contributed by atoms with Crippen LogP contribution in [0.25, 0.3) is 27.4 Å². The molecule has 2 saturated heterocycles. The molecule has 44 heavy (non-hydrogen) atoms. The van der Waals surface area contributed by atoms with Crippen molar-refractivity contribution < 1.29 is 4.79 Å². The van der Waals surface area contributed by atoms with E-state index >= 15 is 0 Å². The quantitative estimate of drug-likeness (QED) is 0.285. The van der Waals surface area contributed by atoms with E-state index in [4.69, 9.17) is 9.97 Å². The van der Waals surface area contributed by atoms with Gasteiger partial charge in [-0.15, -0.1) is 0 Å². The molecule has 2 aliphatic rings. The fourth-order valence-electron chi connectivity index (χ4n) is 6.56. The van der Waals surface area contributed by atoms with Gasteiger partial charge in [0.2, 0.25) is 11.9 Å². The molecule has 0 radical (unpaired) electrons. The summed E-state index contributed by atoms with van der Waals surface area (Å²) in [5.74, 6) is 0.896. The SMILES string of the molecule is C=CC(=O)N1CCN(c2nc(N3CC(N(CC)CC)C3)nc3c(=O)n(-c4cccc5cccc(C)c45)ncc23)CC1CC#N. The van der Waals surface area contributed by atoms with Crippen LogP contribution in [0.3, 0.4) is 0 Å². The summed E-state index contributed by atoms with van der Waals surface area (Å²) in [4.78, 5) is 45.0. The number of nitriles is 1. The van der Waals surface area contributed by atoms with Crippen LogP contribution in [0.5, 0.6) is 0 Å². The Morgan fingerprint density at radius 3 is 2.55 bits per heavy atom. The Morgan fingerprint density at radius 1 is 1.09 bits per heavy atom. The molecule has 4 aromatic rings. The van der Waals surface area contributed by atoms with Crippen molar-refractivity contribution in [2.75, 3.05) is 55.6 Å². The highest BCUT2D eigenvalue weighted by molar-refractivity contribution is 5.94. The highest BCUT2D eigenvalue weighted by atomic mass is 16.2. The molecule has 11 heteroatoms. The topological polar surface area (TPSA) is 114 Å². The number of carbonyl (C=O) groups excluding carboxylic acids is 1. The van der Waals surface area contributed by atoms with Crippen molar-refractivity contribution in [2.45, 2.75) is 39.3 Å². The normalized spacial score (nSPS) is 17.2. The highest BCUT2D eigenvalue weighted by Crippen LogP contribution is 2.31. The predicted molar refractivity (Wildman–Crippen MR) is 172 cm³/mol. The third kappa shape index (κ3) is 5.05. The van der Waals surface area contributed by atoms with Crippen LogP contribution in [-0.2, 0) is 4.79 Å². The lowest BCUT2D eigenvalue weighted by Gasteiger charge is -2.45. The Morgan fingerprint density at radius 2 is 1.84 bits per heavy atom.